The standard InChI is InChI=1S/C12H6Cl4O/c13-6-3-10(15)12(11(16)4-6)8-2-1-7(17)5-9(8)14/h1-5,17H. The molecule has 0 fully saturated rings. The highest BCUT2D eigenvalue weighted by Crippen LogP contribution is 2.41. The molecule has 0 saturated carbocycles. The summed E-state index contributed by atoms with van der Waals surface area (Å²) in [6, 6.07) is 7.78. The summed E-state index contributed by atoms with van der Waals surface area (Å²) in [7, 11) is 0. The predicted molar refractivity (Wildman–Crippen MR) is 73.6 cm³/mol. The Morgan fingerprint density at radius 2 is 1.35 bits per heavy atom. The topological polar surface area (TPSA) is 20.2 Å². The van der Waals surface area contributed by atoms with E-state index in [4.69, 9.17) is 46.4 Å². The van der Waals surface area contributed by atoms with E-state index in [1.54, 1.807) is 18.2 Å². The van der Waals surface area contributed by atoms with E-state index in [9.17, 15) is 5.11 Å². The zero-order chi connectivity index (χ0) is 12.6. The molecule has 0 unspecified atom stereocenters. The Bertz CT molecular complexity index is 558. The first-order valence-electron chi connectivity index (χ1n) is 4.62. The third-order valence-electron chi connectivity index (χ3n) is 2.23. The lowest BCUT2D eigenvalue weighted by molar-refractivity contribution is 0.475. The van der Waals surface area contributed by atoms with Crippen molar-refractivity contribution in [1.82, 2.24) is 0 Å². The maximum Gasteiger partial charge on any atom is 0.117 e. The van der Waals surface area contributed by atoms with Crippen molar-refractivity contribution in [3.63, 3.8) is 0 Å². The molecule has 17 heavy (non-hydrogen) atoms. The summed E-state index contributed by atoms with van der Waals surface area (Å²) in [5.74, 6) is 0.0833. The van der Waals surface area contributed by atoms with E-state index in [1.165, 1.54) is 12.1 Å². The number of aromatic hydroxyl groups is 1. The summed E-state index contributed by atoms with van der Waals surface area (Å²) in [6.45, 7) is 0. The van der Waals surface area contributed by atoms with Crippen molar-refractivity contribution in [1.29, 1.82) is 0 Å². The van der Waals surface area contributed by atoms with Crippen LogP contribution in [0, 0.1) is 0 Å². The molecule has 0 heterocycles. The fourth-order valence-electron chi connectivity index (χ4n) is 1.51. The van der Waals surface area contributed by atoms with E-state index < -0.39 is 0 Å². The highest BCUT2D eigenvalue weighted by molar-refractivity contribution is 6.43. The van der Waals surface area contributed by atoms with Crippen molar-refractivity contribution < 1.29 is 5.11 Å². The molecule has 0 aromatic heterocycles. The molecule has 0 aliphatic heterocycles. The number of rotatable bonds is 1. The Morgan fingerprint density at radius 3 is 1.88 bits per heavy atom. The fourth-order valence-corrected chi connectivity index (χ4v) is 2.80. The van der Waals surface area contributed by atoms with Gasteiger partial charge in [0, 0.05) is 16.1 Å². The van der Waals surface area contributed by atoms with Gasteiger partial charge in [-0.15, -0.1) is 0 Å². The number of benzene rings is 2. The molecule has 0 atom stereocenters. The minimum Gasteiger partial charge on any atom is -0.508 e. The van der Waals surface area contributed by atoms with Crippen LogP contribution in [-0.2, 0) is 0 Å². The number of phenols is 1. The van der Waals surface area contributed by atoms with Crippen molar-refractivity contribution in [2.45, 2.75) is 0 Å². The van der Waals surface area contributed by atoms with Gasteiger partial charge in [0.25, 0.3) is 0 Å². The van der Waals surface area contributed by atoms with E-state index >= 15 is 0 Å². The van der Waals surface area contributed by atoms with Gasteiger partial charge in [-0.1, -0.05) is 46.4 Å². The average Bonchev–Trinajstić information content (AvgIpc) is 2.19. The summed E-state index contributed by atoms with van der Waals surface area (Å²) in [4.78, 5) is 0. The van der Waals surface area contributed by atoms with Gasteiger partial charge in [-0.3, -0.25) is 0 Å². The van der Waals surface area contributed by atoms with Gasteiger partial charge in [0.2, 0.25) is 0 Å². The molecule has 0 saturated heterocycles. The van der Waals surface area contributed by atoms with Gasteiger partial charge in [-0.2, -0.15) is 0 Å². The van der Waals surface area contributed by atoms with E-state index in [1.807, 2.05) is 0 Å². The van der Waals surface area contributed by atoms with E-state index in [-0.39, 0.29) is 5.75 Å². The molecule has 1 N–H and O–H groups in total. The lowest BCUT2D eigenvalue weighted by atomic mass is 10.1. The summed E-state index contributed by atoms with van der Waals surface area (Å²) in [5.41, 5.74) is 1.25. The SMILES string of the molecule is Oc1ccc(-c2c(Cl)cc(Cl)cc2Cl)c(Cl)c1. The minimum atomic E-state index is 0.0833. The zero-order valence-electron chi connectivity index (χ0n) is 8.35. The van der Waals surface area contributed by atoms with Crippen molar-refractivity contribution in [2.75, 3.05) is 0 Å². The van der Waals surface area contributed by atoms with Crippen LogP contribution in [0.5, 0.6) is 5.75 Å². The summed E-state index contributed by atoms with van der Waals surface area (Å²) in [5, 5.41) is 10.9. The van der Waals surface area contributed by atoms with E-state index in [0.29, 0.717) is 31.2 Å². The van der Waals surface area contributed by atoms with Gasteiger partial charge in [-0.05, 0) is 30.3 Å². The normalized spacial score (nSPS) is 10.6. The summed E-state index contributed by atoms with van der Waals surface area (Å²) in [6.07, 6.45) is 0. The third-order valence-corrected chi connectivity index (χ3v) is 3.36. The molecule has 2 rings (SSSR count). The van der Waals surface area contributed by atoms with Gasteiger partial charge in [0.15, 0.2) is 0 Å². The average molecular weight is 308 g/mol. The van der Waals surface area contributed by atoms with Crippen LogP contribution in [0.2, 0.25) is 20.1 Å². The van der Waals surface area contributed by atoms with Crippen molar-refractivity contribution in [3.05, 3.63) is 50.4 Å². The van der Waals surface area contributed by atoms with Crippen LogP contribution in [0.25, 0.3) is 11.1 Å². The van der Waals surface area contributed by atoms with Crippen LogP contribution in [-0.4, -0.2) is 5.11 Å². The molecular formula is C12H6Cl4O. The van der Waals surface area contributed by atoms with Crippen molar-refractivity contribution >= 4 is 46.4 Å². The molecule has 1 nitrogen and oxygen atoms in total. The first-order valence-corrected chi connectivity index (χ1v) is 6.13. The quantitative estimate of drug-likeness (QED) is 0.719. The van der Waals surface area contributed by atoms with Gasteiger partial charge in [-0.25, -0.2) is 0 Å². The van der Waals surface area contributed by atoms with Crippen LogP contribution < -0.4 is 0 Å². The van der Waals surface area contributed by atoms with Crippen molar-refractivity contribution in [2.24, 2.45) is 0 Å². The molecule has 88 valence electrons. The van der Waals surface area contributed by atoms with Crippen LogP contribution in [0.3, 0.4) is 0 Å². The number of phenolic OH excluding ortho intramolecular Hbond substituents is 1. The molecule has 0 bridgehead atoms. The summed E-state index contributed by atoms with van der Waals surface area (Å²) < 4.78 is 0. The largest absolute Gasteiger partial charge is 0.508 e. The third kappa shape index (κ3) is 2.63. The smallest absolute Gasteiger partial charge is 0.117 e. The van der Waals surface area contributed by atoms with Gasteiger partial charge in [0.05, 0.1) is 15.1 Å². The molecule has 0 spiro atoms. The monoisotopic (exact) mass is 306 g/mol. The fraction of sp³-hybridized carbons (Fsp3) is 0. The molecule has 5 heteroatoms. The van der Waals surface area contributed by atoms with Crippen molar-refractivity contribution in [3.8, 4) is 16.9 Å². The lowest BCUT2D eigenvalue weighted by Crippen LogP contribution is -1.84. The predicted octanol–water partition coefficient (Wildman–Crippen LogP) is 5.67. The Balaban J connectivity index is 2.68. The zero-order valence-corrected chi connectivity index (χ0v) is 11.4. The van der Waals surface area contributed by atoms with Gasteiger partial charge in [0.1, 0.15) is 5.75 Å². The Kier molecular flexibility index (Phi) is 3.74. The van der Waals surface area contributed by atoms with Gasteiger partial charge < -0.3 is 5.11 Å². The number of hydrogen-bond acceptors (Lipinski definition) is 1. The maximum absolute atomic E-state index is 9.30. The first-order chi connectivity index (χ1) is 7.99. The van der Waals surface area contributed by atoms with E-state index in [0.717, 1.165) is 0 Å². The molecule has 2 aromatic carbocycles. The highest BCUT2D eigenvalue weighted by atomic mass is 35.5. The first kappa shape index (κ1) is 12.8. The Labute approximate surface area is 118 Å². The summed E-state index contributed by atoms with van der Waals surface area (Å²) >= 11 is 24.1. The van der Waals surface area contributed by atoms with E-state index in [2.05, 4.69) is 0 Å². The van der Waals surface area contributed by atoms with Crippen LogP contribution in [0.1, 0.15) is 0 Å². The van der Waals surface area contributed by atoms with Gasteiger partial charge >= 0.3 is 0 Å². The molecule has 0 amide bonds. The molecule has 0 aliphatic carbocycles. The second-order valence-corrected chi connectivity index (χ2v) is 5.07. The Hall–Kier alpha value is -0.600. The second kappa shape index (κ2) is 4.95. The number of halogens is 4. The maximum atomic E-state index is 9.30. The molecular weight excluding hydrogens is 302 g/mol. The lowest BCUT2D eigenvalue weighted by Gasteiger charge is -2.10. The van der Waals surface area contributed by atoms with Crippen LogP contribution in [0.15, 0.2) is 30.3 Å². The Morgan fingerprint density at radius 1 is 0.765 bits per heavy atom. The molecule has 2 aromatic rings. The highest BCUT2D eigenvalue weighted by Gasteiger charge is 2.13. The second-order valence-electron chi connectivity index (χ2n) is 3.41. The minimum absolute atomic E-state index is 0.0833. The van der Waals surface area contributed by atoms with Crippen LogP contribution in [0.4, 0.5) is 0 Å². The molecule has 0 radical (unpaired) electrons. The number of hydrogen-bond donors (Lipinski definition) is 1. The van der Waals surface area contributed by atoms with Crippen LogP contribution >= 0.6 is 46.4 Å². The molecule has 0 aliphatic rings.